The molecule has 1 aliphatic heterocycles. The molecule has 0 aromatic heterocycles. The van der Waals surface area contributed by atoms with Crippen molar-refractivity contribution in [3.63, 3.8) is 0 Å². The third-order valence-corrected chi connectivity index (χ3v) is 8.05. The van der Waals surface area contributed by atoms with Gasteiger partial charge in [-0.05, 0) is 62.6 Å². The molecule has 4 rings (SSSR count). The number of nitrogens with zero attached hydrogens (tertiary/aromatic N) is 2. The van der Waals surface area contributed by atoms with Crippen molar-refractivity contribution < 1.29 is 13.2 Å². The molecule has 2 aliphatic rings. The van der Waals surface area contributed by atoms with Crippen LogP contribution in [-0.4, -0.2) is 55.8 Å². The molecular weight excluding hydrogens is 398 g/mol. The molecule has 30 heavy (non-hydrogen) atoms. The molecule has 1 fully saturated rings. The Labute approximate surface area is 178 Å². The van der Waals surface area contributed by atoms with Crippen LogP contribution in [0, 0.1) is 0 Å². The van der Waals surface area contributed by atoms with Gasteiger partial charge in [-0.25, -0.2) is 8.42 Å². The van der Waals surface area contributed by atoms with E-state index >= 15 is 0 Å². The maximum absolute atomic E-state index is 13.2. The fourth-order valence-electron chi connectivity index (χ4n) is 3.95. The average molecular weight is 428 g/mol. The molecule has 0 radical (unpaired) electrons. The molecule has 1 N–H and O–H groups in total. The van der Waals surface area contributed by atoms with E-state index in [0.717, 1.165) is 5.56 Å². The topological polar surface area (TPSA) is 69.7 Å². The number of nitrogens with one attached hydrogen (secondary N) is 1. The van der Waals surface area contributed by atoms with Gasteiger partial charge in [-0.1, -0.05) is 30.3 Å². The highest BCUT2D eigenvalue weighted by Crippen LogP contribution is 2.27. The van der Waals surface area contributed by atoms with Crippen molar-refractivity contribution in [2.75, 3.05) is 20.1 Å². The Bertz CT molecular complexity index is 1030. The molecule has 7 heteroatoms. The molecular formula is C23H29N3O3S. The zero-order valence-electron chi connectivity index (χ0n) is 17.5. The number of sulfonamides is 1. The summed E-state index contributed by atoms with van der Waals surface area (Å²) < 4.78 is 27.9. The highest BCUT2D eigenvalue weighted by Gasteiger charge is 2.30. The summed E-state index contributed by atoms with van der Waals surface area (Å²) in [5, 5.41) is 2.94. The summed E-state index contributed by atoms with van der Waals surface area (Å²) in [7, 11) is -1.58. The van der Waals surface area contributed by atoms with Gasteiger partial charge >= 0.3 is 0 Å². The third-order valence-electron chi connectivity index (χ3n) is 6.21. The van der Waals surface area contributed by atoms with Crippen LogP contribution >= 0.6 is 0 Å². The molecule has 6 nitrogen and oxygen atoms in total. The third kappa shape index (κ3) is 4.43. The van der Waals surface area contributed by atoms with Crippen LogP contribution in [0.15, 0.2) is 53.4 Å². The first-order valence-corrected chi connectivity index (χ1v) is 12.0. The second kappa shape index (κ2) is 8.49. The van der Waals surface area contributed by atoms with E-state index in [4.69, 9.17) is 0 Å². The van der Waals surface area contributed by atoms with Gasteiger partial charge in [0.05, 0.1) is 4.90 Å². The van der Waals surface area contributed by atoms with Crippen LogP contribution in [0.3, 0.4) is 0 Å². The van der Waals surface area contributed by atoms with Gasteiger partial charge in [0.1, 0.15) is 0 Å². The van der Waals surface area contributed by atoms with Crippen molar-refractivity contribution >= 4 is 15.9 Å². The Kier molecular flexibility index (Phi) is 5.95. The van der Waals surface area contributed by atoms with Crippen LogP contribution in [-0.2, 0) is 23.0 Å². The van der Waals surface area contributed by atoms with E-state index in [0.29, 0.717) is 37.7 Å². The summed E-state index contributed by atoms with van der Waals surface area (Å²) in [5.74, 6) is -0.243. The Morgan fingerprint density at radius 3 is 2.63 bits per heavy atom. The van der Waals surface area contributed by atoms with Crippen molar-refractivity contribution in [3.05, 3.63) is 65.2 Å². The molecule has 160 valence electrons. The number of hydrogen-bond acceptors (Lipinski definition) is 4. The minimum absolute atomic E-state index is 0.165. The molecule has 2 aromatic rings. The fraction of sp³-hybridized carbons (Fsp3) is 0.435. The molecule has 1 aliphatic carbocycles. The highest BCUT2D eigenvalue weighted by molar-refractivity contribution is 7.89. The minimum Gasteiger partial charge on any atom is -0.350 e. The van der Waals surface area contributed by atoms with Crippen LogP contribution in [0.5, 0.6) is 0 Å². The molecule has 0 bridgehead atoms. The second-order valence-corrected chi connectivity index (χ2v) is 10.3. The summed E-state index contributed by atoms with van der Waals surface area (Å²) >= 11 is 0. The van der Waals surface area contributed by atoms with Gasteiger partial charge in [0.2, 0.25) is 10.0 Å². The zero-order chi connectivity index (χ0) is 21.3. The Hall–Kier alpha value is -2.22. The normalized spacial score (nSPS) is 18.1. The second-order valence-electron chi connectivity index (χ2n) is 8.34. The van der Waals surface area contributed by atoms with E-state index in [1.54, 1.807) is 18.2 Å². The Balaban J connectivity index is 1.45. The number of benzene rings is 2. The van der Waals surface area contributed by atoms with Crippen molar-refractivity contribution in [1.29, 1.82) is 0 Å². The van der Waals surface area contributed by atoms with Crippen molar-refractivity contribution in [3.8, 4) is 0 Å². The average Bonchev–Trinajstić information content (AvgIpc) is 3.62. The minimum atomic E-state index is -3.66. The van der Waals surface area contributed by atoms with Gasteiger partial charge in [-0.3, -0.25) is 9.69 Å². The SMILES string of the molecule is CC(CNC(=O)c1cccc(S(=O)(=O)N2CCc3ccccc3C2)c1)N(C)C1CC1. The molecule has 1 atom stereocenters. The number of hydrogen-bond donors (Lipinski definition) is 1. The Morgan fingerprint density at radius 2 is 1.90 bits per heavy atom. The number of carbonyl (C=O) groups excluding carboxylic acids is 1. The van der Waals surface area contributed by atoms with Gasteiger partial charge in [0.15, 0.2) is 0 Å². The summed E-state index contributed by atoms with van der Waals surface area (Å²) in [6.45, 7) is 3.43. The first-order valence-electron chi connectivity index (χ1n) is 10.5. The summed E-state index contributed by atoms with van der Waals surface area (Å²) in [5.41, 5.74) is 2.60. The van der Waals surface area contributed by atoms with E-state index in [2.05, 4.69) is 24.2 Å². The van der Waals surface area contributed by atoms with Gasteiger partial charge in [0, 0.05) is 37.3 Å². The largest absolute Gasteiger partial charge is 0.350 e. The first-order chi connectivity index (χ1) is 14.4. The lowest BCUT2D eigenvalue weighted by Gasteiger charge is -2.28. The molecule has 0 saturated heterocycles. The lowest BCUT2D eigenvalue weighted by atomic mass is 10.0. The number of fused-ring (bicyclic) bond motifs is 1. The smallest absolute Gasteiger partial charge is 0.251 e. The number of rotatable bonds is 7. The quantitative estimate of drug-likeness (QED) is 0.738. The molecule has 1 unspecified atom stereocenters. The van der Waals surface area contributed by atoms with E-state index in [1.165, 1.54) is 28.8 Å². The molecule has 0 spiro atoms. The van der Waals surface area contributed by atoms with Crippen molar-refractivity contribution in [2.45, 2.75) is 49.7 Å². The lowest BCUT2D eigenvalue weighted by molar-refractivity contribution is 0.0939. The molecule has 1 heterocycles. The lowest BCUT2D eigenvalue weighted by Crippen LogP contribution is -2.41. The number of carbonyl (C=O) groups is 1. The van der Waals surface area contributed by atoms with Gasteiger partial charge < -0.3 is 5.32 Å². The number of amides is 1. The summed E-state index contributed by atoms with van der Waals surface area (Å²) in [4.78, 5) is 15.1. The monoisotopic (exact) mass is 427 g/mol. The number of likely N-dealkylation sites (N-methyl/N-ethyl adjacent to an activating group) is 1. The first kappa shape index (κ1) is 21.0. The van der Waals surface area contributed by atoms with Crippen LogP contribution in [0.4, 0.5) is 0 Å². The summed E-state index contributed by atoms with van der Waals surface area (Å²) in [6.07, 6.45) is 3.13. The van der Waals surface area contributed by atoms with Crippen LogP contribution in [0.1, 0.15) is 41.3 Å². The van der Waals surface area contributed by atoms with E-state index in [-0.39, 0.29) is 16.8 Å². The van der Waals surface area contributed by atoms with E-state index in [1.807, 2.05) is 24.3 Å². The van der Waals surface area contributed by atoms with E-state index < -0.39 is 10.0 Å². The van der Waals surface area contributed by atoms with Crippen LogP contribution < -0.4 is 5.32 Å². The van der Waals surface area contributed by atoms with E-state index in [9.17, 15) is 13.2 Å². The van der Waals surface area contributed by atoms with Gasteiger partial charge in [-0.15, -0.1) is 0 Å². The van der Waals surface area contributed by atoms with Crippen molar-refractivity contribution in [2.24, 2.45) is 0 Å². The summed E-state index contributed by atoms with van der Waals surface area (Å²) in [6, 6.07) is 15.1. The fourth-order valence-corrected chi connectivity index (χ4v) is 5.42. The highest BCUT2D eigenvalue weighted by atomic mass is 32.2. The van der Waals surface area contributed by atoms with Crippen LogP contribution in [0.25, 0.3) is 0 Å². The zero-order valence-corrected chi connectivity index (χ0v) is 18.4. The van der Waals surface area contributed by atoms with Crippen molar-refractivity contribution in [1.82, 2.24) is 14.5 Å². The maximum Gasteiger partial charge on any atom is 0.251 e. The molecule has 2 aromatic carbocycles. The van der Waals surface area contributed by atoms with Gasteiger partial charge in [-0.2, -0.15) is 4.31 Å². The molecule has 1 saturated carbocycles. The van der Waals surface area contributed by atoms with Gasteiger partial charge in [0.25, 0.3) is 5.91 Å². The standard InChI is InChI=1S/C23H29N3O3S/c1-17(25(2)21-10-11-21)15-24-23(27)19-8-5-9-22(14-19)30(28,29)26-13-12-18-6-3-4-7-20(18)16-26/h3-9,14,17,21H,10-13,15-16H2,1-2H3,(H,24,27). The maximum atomic E-state index is 13.2. The molecule has 1 amide bonds. The predicted molar refractivity (Wildman–Crippen MR) is 117 cm³/mol. The Morgan fingerprint density at radius 1 is 1.17 bits per heavy atom. The van der Waals surface area contributed by atoms with Crippen LogP contribution in [0.2, 0.25) is 0 Å². The predicted octanol–water partition coefficient (Wildman–Crippen LogP) is 2.65.